The lowest BCUT2D eigenvalue weighted by atomic mass is 10.1. The van der Waals surface area contributed by atoms with Crippen LogP contribution in [0.5, 0.6) is 0 Å². The summed E-state index contributed by atoms with van der Waals surface area (Å²) >= 11 is 0. The molecule has 2 amide bonds. The van der Waals surface area contributed by atoms with E-state index in [0.717, 1.165) is 0 Å². The Morgan fingerprint density at radius 1 is 1.50 bits per heavy atom. The first-order chi connectivity index (χ1) is 10.5. The SMILES string of the molecule is CC(C)OCC1CN(C(=O)c2ccoc2CC(N)=O)CCO1. The van der Waals surface area contributed by atoms with Crippen molar-refractivity contribution in [2.75, 3.05) is 26.3 Å². The Morgan fingerprint density at radius 3 is 2.95 bits per heavy atom. The average molecular weight is 310 g/mol. The van der Waals surface area contributed by atoms with Gasteiger partial charge in [-0.2, -0.15) is 0 Å². The van der Waals surface area contributed by atoms with Gasteiger partial charge in [0, 0.05) is 13.1 Å². The molecule has 0 saturated carbocycles. The molecular formula is C15H22N2O5. The maximum atomic E-state index is 12.6. The molecule has 1 aromatic heterocycles. The molecule has 0 aromatic carbocycles. The first-order valence-electron chi connectivity index (χ1n) is 7.34. The van der Waals surface area contributed by atoms with E-state index in [1.165, 1.54) is 6.26 Å². The van der Waals surface area contributed by atoms with Gasteiger partial charge in [-0.15, -0.1) is 0 Å². The Kier molecular flexibility index (Phi) is 5.57. The number of amides is 2. The van der Waals surface area contributed by atoms with Gasteiger partial charge < -0.3 is 24.5 Å². The van der Waals surface area contributed by atoms with E-state index >= 15 is 0 Å². The number of carbonyl (C=O) groups is 2. The van der Waals surface area contributed by atoms with Crippen molar-refractivity contribution in [1.82, 2.24) is 4.90 Å². The number of hydrogen-bond acceptors (Lipinski definition) is 5. The Labute approximate surface area is 129 Å². The Balaban J connectivity index is 2.00. The minimum Gasteiger partial charge on any atom is -0.468 e. The van der Waals surface area contributed by atoms with Crippen molar-refractivity contribution >= 4 is 11.8 Å². The van der Waals surface area contributed by atoms with E-state index in [1.807, 2.05) is 13.8 Å². The molecule has 1 saturated heterocycles. The molecule has 1 atom stereocenters. The second kappa shape index (κ2) is 7.42. The van der Waals surface area contributed by atoms with Crippen molar-refractivity contribution in [3.63, 3.8) is 0 Å². The number of morpholine rings is 1. The molecule has 1 fully saturated rings. The molecule has 2 heterocycles. The third-order valence-electron chi connectivity index (χ3n) is 3.35. The number of furan rings is 1. The second-order valence-corrected chi connectivity index (χ2v) is 5.53. The van der Waals surface area contributed by atoms with E-state index in [1.54, 1.807) is 11.0 Å². The van der Waals surface area contributed by atoms with Crippen molar-refractivity contribution in [3.05, 3.63) is 23.7 Å². The van der Waals surface area contributed by atoms with Gasteiger partial charge in [0.05, 0.1) is 43.7 Å². The number of ether oxygens (including phenoxy) is 2. The van der Waals surface area contributed by atoms with Crippen LogP contribution in [0.15, 0.2) is 16.7 Å². The van der Waals surface area contributed by atoms with Crippen molar-refractivity contribution in [2.45, 2.75) is 32.5 Å². The van der Waals surface area contributed by atoms with Gasteiger partial charge in [-0.3, -0.25) is 9.59 Å². The van der Waals surface area contributed by atoms with Crippen LogP contribution in [0, 0.1) is 0 Å². The summed E-state index contributed by atoms with van der Waals surface area (Å²) < 4.78 is 16.3. The number of nitrogens with zero attached hydrogens (tertiary/aromatic N) is 1. The summed E-state index contributed by atoms with van der Waals surface area (Å²) in [5, 5.41) is 0. The van der Waals surface area contributed by atoms with Crippen molar-refractivity contribution in [2.24, 2.45) is 5.73 Å². The molecule has 122 valence electrons. The van der Waals surface area contributed by atoms with Crippen LogP contribution in [0.4, 0.5) is 0 Å². The fourth-order valence-electron chi connectivity index (χ4n) is 2.30. The molecular weight excluding hydrogens is 288 g/mol. The summed E-state index contributed by atoms with van der Waals surface area (Å²) in [6.07, 6.45) is 1.28. The third kappa shape index (κ3) is 4.32. The Hall–Kier alpha value is -1.86. The van der Waals surface area contributed by atoms with Crippen molar-refractivity contribution in [1.29, 1.82) is 0 Å². The Bertz CT molecular complexity index is 526. The fourth-order valence-corrected chi connectivity index (χ4v) is 2.30. The predicted octanol–water partition coefficient (Wildman–Crippen LogP) is 0.573. The molecule has 22 heavy (non-hydrogen) atoms. The van der Waals surface area contributed by atoms with E-state index in [2.05, 4.69) is 0 Å². The molecule has 7 nitrogen and oxygen atoms in total. The third-order valence-corrected chi connectivity index (χ3v) is 3.35. The van der Waals surface area contributed by atoms with Crippen molar-refractivity contribution < 1.29 is 23.5 Å². The van der Waals surface area contributed by atoms with Gasteiger partial charge in [-0.05, 0) is 19.9 Å². The second-order valence-electron chi connectivity index (χ2n) is 5.53. The molecule has 1 unspecified atom stereocenters. The molecule has 2 rings (SSSR count). The fraction of sp³-hybridized carbons (Fsp3) is 0.600. The van der Waals surface area contributed by atoms with Crippen LogP contribution < -0.4 is 5.73 Å². The highest BCUT2D eigenvalue weighted by Gasteiger charge is 2.28. The standard InChI is InChI=1S/C15H22N2O5/c1-10(2)22-9-11-8-17(4-6-20-11)15(19)12-3-5-21-13(12)7-14(16)18/h3,5,10-11H,4,6-9H2,1-2H3,(H2,16,18). The summed E-state index contributed by atoms with van der Waals surface area (Å²) in [7, 11) is 0. The zero-order chi connectivity index (χ0) is 16.1. The average Bonchev–Trinajstić information content (AvgIpc) is 2.92. The van der Waals surface area contributed by atoms with Gasteiger partial charge in [0.1, 0.15) is 5.76 Å². The van der Waals surface area contributed by atoms with Crippen LogP contribution in [0.1, 0.15) is 30.0 Å². The van der Waals surface area contributed by atoms with Crippen LogP contribution in [0.25, 0.3) is 0 Å². The van der Waals surface area contributed by atoms with E-state index in [9.17, 15) is 9.59 Å². The van der Waals surface area contributed by atoms with Crippen LogP contribution >= 0.6 is 0 Å². The highest BCUT2D eigenvalue weighted by atomic mass is 16.5. The quantitative estimate of drug-likeness (QED) is 0.829. The number of carbonyl (C=O) groups excluding carboxylic acids is 2. The molecule has 7 heteroatoms. The number of hydrogen-bond donors (Lipinski definition) is 1. The molecule has 1 aliphatic heterocycles. The lowest BCUT2D eigenvalue weighted by molar-refractivity contribution is -0.117. The maximum Gasteiger partial charge on any atom is 0.257 e. The van der Waals surface area contributed by atoms with E-state index < -0.39 is 5.91 Å². The number of primary amides is 1. The highest BCUT2D eigenvalue weighted by Crippen LogP contribution is 2.16. The normalized spacial score (nSPS) is 18.7. The van der Waals surface area contributed by atoms with Gasteiger partial charge in [0.15, 0.2) is 0 Å². The van der Waals surface area contributed by atoms with Gasteiger partial charge in [-0.1, -0.05) is 0 Å². The molecule has 0 bridgehead atoms. The number of nitrogens with two attached hydrogens (primary N) is 1. The first-order valence-corrected chi connectivity index (χ1v) is 7.34. The lowest BCUT2D eigenvalue weighted by Crippen LogP contribution is -2.47. The zero-order valence-electron chi connectivity index (χ0n) is 12.9. The van der Waals surface area contributed by atoms with E-state index in [0.29, 0.717) is 37.6 Å². The zero-order valence-corrected chi connectivity index (χ0v) is 12.9. The van der Waals surface area contributed by atoms with Crippen LogP contribution in [-0.4, -0.2) is 55.2 Å². The summed E-state index contributed by atoms with van der Waals surface area (Å²) in [4.78, 5) is 25.3. The lowest BCUT2D eigenvalue weighted by Gasteiger charge is -2.33. The van der Waals surface area contributed by atoms with Gasteiger partial charge >= 0.3 is 0 Å². The Morgan fingerprint density at radius 2 is 2.27 bits per heavy atom. The van der Waals surface area contributed by atoms with E-state index in [-0.39, 0.29) is 24.5 Å². The van der Waals surface area contributed by atoms with Crippen LogP contribution in [0.2, 0.25) is 0 Å². The summed E-state index contributed by atoms with van der Waals surface area (Å²) in [6, 6.07) is 1.57. The topological polar surface area (TPSA) is 95.0 Å². The van der Waals surface area contributed by atoms with Crippen LogP contribution in [-0.2, 0) is 20.7 Å². The number of rotatable bonds is 6. The molecule has 0 radical (unpaired) electrons. The smallest absolute Gasteiger partial charge is 0.257 e. The summed E-state index contributed by atoms with van der Waals surface area (Å²) in [5.41, 5.74) is 5.54. The first kappa shape index (κ1) is 16.5. The molecule has 1 aliphatic rings. The summed E-state index contributed by atoms with van der Waals surface area (Å²) in [5.74, 6) is -0.406. The van der Waals surface area contributed by atoms with Gasteiger partial charge in [0.25, 0.3) is 5.91 Å². The largest absolute Gasteiger partial charge is 0.468 e. The maximum absolute atomic E-state index is 12.6. The predicted molar refractivity (Wildman–Crippen MR) is 78.3 cm³/mol. The van der Waals surface area contributed by atoms with Gasteiger partial charge in [0.2, 0.25) is 5.91 Å². The minimum atomic E-state index is -0.533. The molecule has 1 aromatic rings. The molecule has 0 aliphatic carbocycles. The monoisotopic (exact) mass is 310 g/mol. The molecule has 2 N–H and O–H groups in total. The molecule has 0 spiro atoms. The minimum absolute atomic E-state index is 0.0850. The van der Waals surface area contributed by atoms with Crippen molar-refractivity contribution in [3.8, 4) is 0 Å². The summed E-state index contributed by atoms with van der Waals surface area (Å²) in [6.45, 7) is 5.76. The highest BCUT2D eigenvalue weighted by molar-refractivity contribution is 5.96. The van der Waals surface area contributed by atoms with E-state index in [4.69, 9.17) is 19.6 Å². The van der Waals surface area contributed by atoms with Gasteiger partial charge in [-0.25, -0.2) is 0 Å². The van der Waals surface area contributed by atoms with Crippen LogP contribution in [0.3, 0.4) is 0 Å².